The van der Waals surface area contributed by atoms with E-state index < -0.39 is 5.60 Å². The second-order valence-corrected chi connectivity index (χ2v) is 8.25. The molecular weight excluding hydrogens is 362 g/mol. The Kier molecular flexibility index (Phi) is 7.32. The van der Waals surface area contributed by atoms with E-state index >= 15 is 0 Å². The highest BCUT2D eigenvalue weighted by Gasteiger charge is 2.42. The highest BCUT2D eigenvalue weighted by atomic mass is 16.5. The zero-order valence-corrected chi connectivity index (χ0v) is 17.9. The molecule has 4 heteroatoms. The minimum atomic E-state index is -0.704. The lowest BCUT2D eigenvalue weighted by molar-refractivity contribution is -0.148. The van der Waals surface area contributed by atoms with Crippen LogP contribution in [0.1, 0.15) is 57.1 Å². The Bertz CT molecular complexity index is 805. The molecule has 0 saturated heterocycles. The average molecular weight is 396 g/mol. The molecule has 156 valence electrons. The molecule has 2 aromatic rings. The fraction of sp³-hybridized carbons (Fsp3) is 0.480. The SMILES string of the molecule is CCCO[C@@]1(C(=O)Nc2ccc(OCc3ccccc3)c(C)c2)CCC[C@H](C)C1. The van der Waals surface area contributed by atoms with Crippen molar-refractivity contribution in [2.24, 2.45) is 5.92 Å². The minimum Gasteiger partial charge on any atom is -0.489 e. The first-order chi connectivity index (χ1) is 14.0. The van der Waals surface area contributed by atoms with E-state index in [0.29, 0.717) is 19.1 Å². The smallest absolute Gasteiger partial charge is 0.256 e. The number of rotatable bonds is 8. The highest BCUT2D eigenvalue weighted by Crippen LogP contribution is 2.36. The summed E-state index contributed by atoms with van der Waals surface area (Å²) in [5.74, 6) is 1.31. The Morgan fingerprint density at radius 1 is 1.21 bits per heavy atom. The molecule has 29 heavy (non-hydrogen) atoms. The van der Waals surface area contributed by atoms with E-state index in [9.17, 15) is 4.79 Å². The summed E-state index contributed by atoms with van der Waals surface area (Å²) in [5.41, 5.74) is 2.21. The number of hydrogen-bond acceptors (Lipinski definition) is 3. The molecule has 2 aromatic carbocycles. The molecule has 0 aromatic heterocycles. The van der Waals surface area contributed by atoms with Gasteiger partial charge in [-0.05, 0) is 67.9 Å². The molecule has 1 fully saturated rings. The van der Waals surface area contributed by atoms with Crippen LogP contribution in [0.4, 0.5) is 5.69 Å². The summed E-state index contributed by atoms with van der Waals surface area (Å²) in [6, 6.07) is 15.9. The number of carbonyl (C=O) groups is 1. The number of carbonyl (C=O) groups excluding carboxylic acids is 1. The zero-order valence-electron chi connectivity index (χ0n) is 17.9. The molecule has 1 aliphatic rings. The molecule has 1 saturated carbocycles. The van der Waals surface area contributed by atoms with Gasteiger partial charge in [0, 0.05) is 12.3 Å². The third-order valence-electron chi connectivity index (χ3n) is 5.62. The first-order valence-electron chi connectivity index (χ1n) is 10.8. The first kappa shape index (κ1) is 21.4. The number of nitrogens with one attached hydrogen (secondary N) is 1. The average Bonchev–Trinajstić information content (AvgIpc) is 2.72. The standard InChI is InChI=1S/C25H33NO3/c1-4-15-29-25(14-8-9-19(2)17-25)24(27)26-22-12-13-23(20(3)16-22)28-18-21-10-6-5-7-11-21/h5-7,10-13,16,19H,4,8-9,14-15,17-18H2,1-3H3,(H,26,27)/t19-,25-/m0/s1. The Hall–Kier alpha value is -2.33. The van der Waals surface area contributed by atoms with E-state index in [2.05, 4.69) is 19.2 Å². The van der Waals surface area contributed by atoms with Crippen molar-refractivity contribution in [1.82, 2.24) is 0 Å². The lowest BCUT2D eigenvalue weighted by Gasteiger charge is -2.38. The van der Waals surface area contributed by atoms with E-state index in [1.807, 2.05) is 55.5 Å². The summed E-state index contributed by atoms with van der Waals surface area (Å²) >= 11 is 0. The molecular formula is C25H33NO3. The van der Waals surface area contributed by atoms with Gasteiger partial charge in [-0.3, -0.25) is 4.79 Å². The molecule has 0 unspecified atom stereocenters. The minimum absolute atomic E-state index is 0.0187. The maximum Gasteiger partial charge on any atom is 0.256 e. The van der Waals surface area contributed by atoms with Gasteiger partial charge >= 0.3 is 0 Å². The number of amides is 1. The van der Waals surface area contributed by atoms with Gasteiger partial charge in [-0.2, -0.15) is 0 Å². The third-order valence-corrected chi connectivity index (χ3v) is 5.62. The van der Waals surface area contributed by atoms with Crippen molar-refractivity contribution in [3.8, 4) is 5.75 Å². The molecule has 0 bridgehead atoms. The summed E-state index contributed by atoms with van der Waals surface area (Å²) in [6.45, 7) is 7.43. The maximum atomic E-state index is 13.2. The zero-order chi connectivity index (χ0) is 20.7. The molecule has 3 rings (SSSR count). The number of anilines is 1. The second kappa shape index (κ2) is 9.93. The van der Waals surface area contributed by atoms with Gasteiger partial charge in [0.1, 0.15) is 18.0 Å². The highest BCUT2D eigenvalue weighted by molar-refractivity contribution is 5.97. The summed E-state index contributed by atoms with van der Waals surface area (Å²) in [7, 11) is 0. The van der Waals surface area contributed by atoms with Crippen molar-refractivity contribution in [3.63, 3.8) is 0 Å². The second-order valence-electron chi connectivity index (χ2n) is 8.25. The van der Waals surface area contributed by atoms with Gasteiger partial charge in [-0.15, -0.1) is 0 Å². The van der Waals surface area contributed by atoms with Gasteiger partial charge < -0.3 is 14.8 Å². The van der Waals surface area contributed by atoms with Crippen LogP contribution < -0.4 is 10.1 Å². The Balaban J connectivity index is 1.66. The number of ether oxygens (including phenoxy) is 2. The van der Waals surface area contributed by atoms with Crippen molar-refractivity contribution >= 4 is 11.6 Å². The van der Waals surface area contributed by atoms with E-state index in [4.69, 9.17) is 9.47 Å². The van der Waals surface area contributed by atoms with Crippen LogP contribution in [-0.2, 0) is 16.1 Å². The van der Waals surface area contributed by atoms with Gasteiger partial charge in [0.05, 0.1) is 0 Å². The van der Waals surface area contributed by atoms with Crippen molar-refractivity contribution in [3.05, 3.63) is 59.7 Å². The van der Waals surface area contributed by atoms with Crippen LogP contribution in [-0.4, -0.2) is 18.1 Å². The topological polar surface area (TPSA) is 47.6 Å². The predicted molar refractivity (Wildman–Crippen MR) is 117 cm³/mol. The molecule has 1 amide bonds. The molecule has 1 N–H and O–H groups in total. The fourth-order valence-electron chi connectivity index (χ4n) is 4.07. The normalized spacial score (nSPS) is 21.6. The van der Waals surface area contributed by atoms with Crippen LogP contribution in [0.5, 0.6) is 5.75 Å². The van der Waals surface area contributed by atoms with Crippen molar-refractivity contribution in [2.75, 3.05) is 11.9 Å². The largest absolute Gasteiger partial charge is 0.489 e. The Labute approximate surface area is 174 Å². The number of aryl methyl sites for hydroxylation is 1. The summed E-state index contributed by atoms with van der Waals surface area (Å²) in [5, 5.41) is 3.10. The molecule has 0 aliphatic heterocycles. The van der Waals surface area contributed by atoms with Crippen molar-refractivity contribution in [1.29, 1.82) is 0 Å². The lowest BCUT2D eigenvalue weighted by atomic mass is 9.78. The van der Waals surface area contributed by atoms with Crippen LogP contribution in [0.3, 0.4) is 0 Å². The van der Waals surface area contributed by atoms with Gasteiger partial charge in [-0.1, -0.05) is 50.6 Å². The molecule has 4 nitrogen and oxygen atoms in total. The van der Waals surface area contributed by atoms with Crippen LogP contribution in [0.2, 0.25) is 0 Å². The van der Waals surface area contributed by atoms with E-state index in [0.717, 1.165) is 54.7 Å². The monoisotopic (exact) mass is 395 g/mol. The van der Waals surface area contributed by atoms with E-state index in [1.165, 1.54) is 0 Å². The van der Waals surface area contributed by atoms with E-state index in [1.54, 1.807) is 0 Å². The van der Waals surface area contributed by atoms with Crippen LogP contribution in [0.25, 0.3) is 0 Å². The van der Waals surface area contributed by atoms with Gasteiger partial charge in [0.25, 0.3) is 5.91 Å². The fourth-order valence-corrected chi connectivity index (χ4v) is 4.07. The Morgan fingerprint density at radius 2 is 2.00 bits per heavy atom. The van der Waals surface area contributed by atoms with Crippen LogP contribution in [0, 0.1) is 12.8 Å². The van der Waals surface area contributed by atoms with Crippen molar-refractivity contribution < 1.29 is 14.3 Å². The quantitative estimate of drug-likeness (QED) is 0.606. The molecule has 2 atom stereocenters. The number of benzene rings is 2. The summed E-state index contributed by atoms with van der Waals surface area (Å²) in [6.07, 6.45) is 4.69. The summed E-state index contributed by atoms with van der Waals surface area (Å²) < 4.78 is 12.1. The Morgan fingerprint density at radius 3 is 2.69 bits per heavy atom. The third kappa shape index (κ3) is 5.60. The van der Waals surface area contributed by atoms with Crippen molar-refractivity contribution in [2.45, 2.75) is 65.1 Å². The lowest BCUT2D eigenvalue weighted by Crippen LogP contribution is -2.48. The first-order valence-corrected chi connectivity index (χ1v) is 10.8. The molecule has 0 spiro atoms. The molecule has 0 radical (unpaired) electrons. The van der Waals surface area contributed by atoms with Gasteiger partial charge in [0.15, 0.2) is 0 Å². The maximum absolute atomic E-state index is 13.2. The number of hydrogen-bond donors (Lipinski definition) is 1. The van der Waals surface area contributed by atoms with Gasteiger partial charge in [0.2, 0.25) is 0 Å². The molecule has 1 aliphatic carbocycles. The summed E-state index contributed by atoms with van der Waals surface area (Å²) in [4.78, 5) is 13.2. The predicted octanol–water partition coefficient (Wildman–Crippen LogP) is 5.89. The van der Waals surface area contributed by atoms with E-state index in [-0.39, 0.29) is 5.91 Å². The van der Waals surface area contributed by atoms with Gasteiger partial charge in [-0.25, -0.2) is 0 Å². The molecule has 0 heterocycles. The van der Waals surface area contributed by atoms with Crippen LogP contribution in [0.15, 0.2) is 48.5 Å². The van der Waals surface area contributed by atoms with Crippen LogP contribution >= 0.6 is 0 Å².